The molecule has 0 aromatic heterocycles. The zero-order chi connectivity index (χ0) is 13.7. The summed E-state index contributed by atoms with van der Waals surface area (Å²) in [5.41, 5.74) is 1.10. The van der Waals surface area contributed by atoms with Gasteiger partial charge in [-0.3, -0.25) is 0 Å². The predicted octanol–water partition coefficient (Wildman–Crippen LogP) is 4.36. The van der Waals surface area contributed by atoms with E-state index in [2.05, 4.69) is 53.7 Å². The third kappa shape index (κ3) is 2.33. The van der Waals surface area contributed by atoms with Gasteiger partial charge in [0.15, 0.2) is 0 Å². The van der Waals surface area contributed by atoms with Gasteiger partial charge < -0.3 is 9.84 Å². The predicted molar refractivity (Wildman–Crippen MR) is 74.2 cm³/mol. The van der Waals surface area contributed by atoms with Crippen LogP contribution in [0.2, 0.25) is 0 Å². The molecule has 0 radical (unpaired) electrons. The van der Waals surface area contributed by atoms with Crippen LogP contribution in [0.1, 0.15) is 41.5 Å². The first kappa shape index (κ1) is 13.3. The van der Waals surface area contributed by atoms with E-state index in [0.29, 0.717) is 5.76 Å². The molecule has 0 aromatic carbocycles. The molecule has 18 heavy (non-hydrogen) atoms. The van der Waals surface area contributed by atoms with E-state index in [1.54, 1.807) is 0 Å². The molecule has 2 heteroatoms. The molecule has 1 aliphatic heterocycles. The highest BCUT2D eigenvalue weighted by atomic mass is 16.5. The third-order valence-electron chi connectivity index (χ3n) is 3.60. The van der Waals surface area contributed by atoms with Gasteiger partial charge in [-0.15, -0.1) is 0 Å². The van der Waals surface area contributed by atoms with Gasteiger partial charge in [-0.2, -0.15) is 0 Å². The molecule has 0 spiro atoms. The minimum Gasteiger partial charge on any atom is -0.512 e. The molecular weight excluding hydrogens is 224 g/mol. The average Bonchev–Trinajstić information content (AvgIpc) is 2.56. The summed E-state index contributed by atoms with van der Waals surface area (Å²) in [6.07, 6.45) is 6.12. The Hall–Kier alpha value is -1.18. The molecule has 2 nitrogen and oxygen atoms in total. The molecule has 0 fully saturated rings. The zero-order valence-corrected chi connectivity index (χ0v) is 12.2. The maximum atomic E-state index is 10.2. The van der Waals surface area contributed by atoms with Gasteiger partial charge in [0.05, 0.1) is 0 Å². The Morgan fingerprint density at radius 1 is 1.00 bits per heavy atom. The van der Waals surface area contributed by atoms with Gasteiger partial charge >= 0.3 is 0 Å². The van der Waals surface area contributed by atoms with Crippen LogP contribution in [-0.4, -0.2) is 11.2 Å². The van der Waals surface area contributed by atoms with Gasteiger partial charge in [0, 0.05) is 16.9 Å². The summed E-state index contributed by atoms with van der Waals surface area (Å²) in [6, 6.07) is 0. The van der Waals surface area contributed by atoms with Crippen LogP contribution >= 0.6 is 0 Å². The van der Waals surface area contributed by atoms with Gasteiger partial charge in [0.2, 0.25) is 0 Å². The molecule has 0 amide bonds. The fraction of sp³-hybridized carbons (Fsp3) is 0.625. The number of ether oxygens (including phenoxy) is 1. The average molecular weight is 248 g/mol. The Morgan fingerprint density at radius 3 is 2.11 bits per heavy atom. The Morgan fingerprint density at radius 2 is 1.61 bits per heavy atom. The van der Waals surface area contributed by atoms with Crippen molar-refractivity contribution in [3.05, 3.63) is 35.3 Å². The van der Waals surface area contributed by atoms with Gasteiger partial charge in [-0.1, -0.05) is 41.5 Å². The van der Waals surface area contributed by atoms with Gasteiger partial charge in [0.25, 0.3) is 0 Å². The lowest BCUT2D eigenvalue weighted by Crippen LogP contribution is -2.25. The molecule has 2 atom stereocenters. The molecule has 1 N–H and O–H groups in total. The lowest BCUT2D eigenvalue weighted by molar-refractivity contribution is 0.0802. The standard InChI is InChI=1S/C16H24O2/c1-15(2,3)11-9-13-10(7-12(11)17)8-14(18-13)16(4,5)6/h7-9,11,14,17H,1-6H3. The van der Waals surface area contributed by atoms with Crippen LogP contribution < -0.4 is 0 Å². The first-order valence-corrected chi connectivity index (χ1v) is 6.60. The largest absolute Gasteiger partial charge is 0.512 e. The molecule has 100 valence electrons. The fourth-order valence-electron chi connectivity index (χ4n) is 2.35. The molecule has 1 heterocycles. The lowest BCUT2D eigenvalue weighted by Gasteiger charge is -2.31. The lowest BCUT2D eigenvalue weighted by atomic mass is 9.76. The minimum atomic E-state index is 0.00227. The highest BCUT2D eigenvalue weighted by Crippen LogP contribution is 2.42. The maximum absolute atomic E-state index is 10.2. The quantitative estimate of drug-likeness (QED) is 0.690. The van der Waals surface area contributed by atoms with Crippen LogP contribution in [0.4, 0.5) is 0 Å². The topological polar surface area (TPSA) is 29.5 Å². The fourth-order valence-corrected chi connectivity index (χ4v) is 2.35. The van der Waals surface area contributed by atoms with Crippen molar-refractivity contribution in [3.8, 4) is 0 Å². The summed E-state index contributed by atoms with van der Waals surface area (Å²) in [6.45, 7) is 12.9. The van der Waals surface area contributed by atoms with Crippen LogP contribution in [0.15, 0.2) is 35.3 Å². The summed E-state index contributed by atoms with van der Waals surface area (Å²) in [7, 11) is 0. The van der Waals surface area contributed by atoms with Crippen LogP contribution in [0.25, 0.3) is 0 Å². The SMILES string of the molecule is CC(C)(C)C1C=C2C=C(O)C(C(C)(C)C)C=C2O1. The van der Waals surface area contributed by atoms with Crippen LogP contribution in [0.5, 0.6) is 0 Å². The summed E-state index contributed by atoms with van der Waals surface area (Å²) in [4.78, 5) is 0. The van der Waals surface area contributed by atoms with Gasteiger partial charge in [0.1, 0.15) is 17.6 Å². The Bertz CT molecular complexity index is 439. The van der Waals surface area contributed by atoms with E-state index in [9.17, 15) is 5.11 Å². The first-order chi connectivity index (χ1) is 8.09. The molecule has 2 aliphatic rings. The summed E-state index contributed by atoms with van der Waals surface area (Å²) in [5.74, 6) is 1.40. The summed E-state index contributed by atoms with van der Waals surface area (Å²) < 4.78 is 6.02. The second-order valence-electron chi connectivity index (χ2n) is 7.47. The summed E-state index contributed by atoms with van der Waals surface area (Å²) in [5, 5.41) is 10.2. The summed E-state index contributed by atoms with van der Waals surface area (Å²) >= 11 is 0. The van der Waals surface area contributed by atoms with E-state index in [1.807, 2.05) is 6.08 Å². The highest BCUT2D eigenvalue weighted by Gasteiger charge is 2.36. The highest BCUT2D eigenvalue weighted by molar-refractivity contribution is 5.47. The van der Waals surface area contributed by atoms with E-state index in [0.717, 1.165) is 11.3 Å². The normalized spacial score (nSPS) is 28.0. The van der Waals surface area contributed by atoms with E-state index in [-0.39, 0.29) is 22.9 Å². The second-order valence-corrected chi connectivity index (χ2v) is 7.47. The maximum Gasteiger partial charge on any atom is 0.124 e. The third-order valence-corrected chi connectivity index (χ3v) is 3.60. The smallest absolute Gasteiger partial charge is 0.124 e. The van der Waals surface area contributed by atoms with Crippen LogP contribution in [0, 0.1) is 16.7 Å². The molecule has 2 unspecified atom stereocenters. The molecule has 1 aliphatic carbocycles. The van der Waals surface area contributed by atoms with Crippen molar-refractivity contribution in [1.29, 1.82) is 0 Å². The van der Waals surface area contributed by atoms with Gasteiger partial charge in [-0.25, -0.2) is 0 Å². The number of allylic oxidation sites excluding steroid dienone is 2. The minimum absolute atomic E-state index is 0.00227. The Kier molecular flexibility index (Phi) is 2.88. The molecular formula is C16H24O2. The van der Waals surface area contributed by atoms with E-state index in [1.165, 1.54) is 0 Å². The monoisotopic (exact) mass is 248 g/mol. The molecule has 0 aromatic rings. The van der Waals surface area contributed by atoms with Crippen molar-refractivity contribution in [1.82, 2.24) is 0 Å². The molecule has 0 bridgehead atoms. The first-order valence-electron chi connectivity index (χ1n) is 6.60. The van der Waals surface area contributed by atoms with Crippen LogP contribution in [-0.2, 0) is 4.74 Å². The Labute approximate surface area is 110 Å². The molecule has 2 rings (SSSR count). The number of aliphatic hydroxyl groups is 1. The van der Waals surface area contributed by atoms with E-state index in [4.69, 9.17) is 4.74 Å². The van der Waals surface area contributed by atoms with Crippen molar-refractivity contribution >= 4 is 0 Å². The second kappa shape index (κ2) is 3.91. The van der Waals surface area contributed by atoms with Gasteiger partial charge in [-0.05, 0) is 23.6 Å². The van der Waals surface area contributed by atoms with Crippen molar-refractivity contribution in [2.45, 2.75) is 47.6 Å². The van der Waals surface area contributed by atoms with Crippen LogP contribution in [0.3, 0.4) is 0 Å². The number of hydrogen-bond acceptors (Lipinski definition) is 2. The molecule has 0 saturated heterocycles. The number of rotatable bonds is 0. The van der Waals surface area contributed by atoms with Crippen molar-refractivity contribution in [2.75, 3.05) is 0 Å². The van der Waals surface area contributed by atoms with Crippen molar-refractivity contribution < 1.29 is 9.84 Å². The Balaban J connectivity index is 2.32. The number of hydrogen-bond donors (Lipinski definition) is 1. The number of fused-ring (bicyclic) bond motifs is 1. The van der Waals surface area contributed by atoms with E-state index < -0.39 is 0 Å². The van der Waals surface area contributed by atoms with Crippen molar-refractivity contribution in [2.24, 2.45) is 16.7 Å². The molecule has 0 saturated carbocycles. The van der Waals surface area contributed by atoms with E-state index >= 15 is 0 Å². The van der Waals surface area contributed by atoms with Crippen molar-refractivity contribution in [3.63, 3.8) is 0 Å². The zero-order valence-electron chi connectivity index (χ0n) is 12.2. The number of aliphatic hydroxyl groups excluding tert-OH is 1.